The van der Waals surface area contributed by atoms with Crippen LogP contribution in [0.2, 0.25) is 0 Å². The maximum atomic E-state index is 4.79. The molecular weight excluding hydrogens is 613 g/mol. The van der Waals surface area contributed by atoms with Crippen LogP contribution in [0.1, 0.15) is 22.5 Å². The normalized spacial score (nSPS) is 14.8. The molecule has 2 aromatic heterocycles. The van der Waals surface area contributed by atoms with E-state index in [2.05, 4.69) is 142 Å². The van der Waals surface area contributed by atoms with Gasteiger partial charge in [-0.1, -0.05) is 79.4 Å². The molecule has 0 unspecified atom stereocenters. The van der Waals surface area contributed by atoms with E-state index in [1.165, 1.54) is 39.0 Å². The molecule has 2 fully saturated rings. The van der Waals surface area contributed by atoms with E-state index in [-0.39, 0.29) is 0 Å². The summed E-state index contributed by atoms with van der Waals surface area (Å²) in [5.74, 6) is 0. The fourth-order valence-corrected chi connectivity index (χ4v) is 6.52. The van der Waals surface area contributed by atoms with Crippen molar-refractivity contribution in [2.75, 3.05) is 68.7 Å². The monoisotopic (exact) mass is 662 g/mol. The Hall–Kier alpha value is -5.04. The van der Waals surface area contributed by atoms with Crippen molar-refractivity contribution in [2.24, 2.45) is 0 Å². The summed E-state index contributed by atoms with van der Waals surface area (Å²) >= 11 is 0. The summed E-state index contributed by atoms with van der Waals surface area (Å²) in [5.41, 5.74) is 9.64. The largest absolute Gasteiger partial charge is 0.369 e. The van der Waals surface area contributed by atoms with Gasteiger partial charge in [-0.25, -0.2) is 4.98 Å². The number of aryl methyl sites for hydroxylation is 2. The van der Waals surface area contributed by atoms with Crippen LogP contribution in [0, 0.1) is 13.8 Å². The Labute approximate surface area is 298 Å². The van der Waals surface area contributed by atoms with E-state index in [4.69, 9.17) is 4.98 Å². The molecule has 0 aliphatic carbocycles. The van der Waals surface area contributed by atoms with Gasteiger partial charge in [-0.2, -0.15) is 0 Å². The minimum atomic E-state index is 0.925. The minimum Gasteiger partial charge on any atom is -0.369 e. The number of benzene rings is 4. The van der Waals surface area contributed by atoms with Gasteiger partial charge in [0, 0.05) is 93.2 Å². The Morgan fingerprint density at radius 3 is 1.76 bits per heavy atom. The molecule has 8 rings (SSSR count). The lowest BCUT2D eigenvalue weighted by molar-refractivity contribution is 0.260. The highest BCUT2D eigenvalue weighted by atomic mass is 15.3. The summed E-state index contributed by atoms with van der Waals surface area (Å²) < 4.78 is 0. The van der Waals surface area contributed by atoms with Crippen molar-refractivity contribution in [3.8, 4) is 0 Å². The molecule has 0 saturated carbocycles. The first kappa shape index (κ1) is 34.8. The third kappa shape index (κ3) is 9.78. The fourth-order valence-electron chi connectivity index (χ4n) is 6.52. The van der Waals surface area contributed by atoms with Crippen molar-refractivity contribution in [1.29, 1.82) is 0 Å². The minimum absolute atomic E-state index is 0.925. The van der Waals surface area contributed by atoms with Crippen molar-refractivity contribution in [2.45, 2.75) is 20.3 Å². The lowest BCUT2D eigenvalue weighted by atomic mass is 10.1. The Balaban J connectivity index is 0.000000145. The number of piperazine rings is 2. The van der Waals surface area contributed by atoms with E-state index in [9.17, 15) is 0 Å². The molecule has 6 nitrogen and oxygen atoms in total. The molecule has 256 valence electrons. The zero-order valence-electron chi connectivity index (χ0n) is 29.6. The molecule has 0 spiro atoms. The molecule has 1 N–H and O–H groups in total. The molecule has 0 radical (unpaired) electrons. The molecule has 6 aromatic rings. The number of hydrogen-bond acceptors (Lipinski definition) is 6. The number of hydrogen-bond donors (Lipinski definition) is 1. The quantitative estimate of drug-likeness (QED) is 0.194. The van der Waals surface area contributed by atoms with E-state index in [0.717, 1.165) is 82.1 Å². The first-order valence-corrected chi connectivity index (χ1v) is 17.9. The molecular formula is C44H50N6. The molecule has 0 atom stereocenters. The van der Waals surface area contributed by atoms with Gasteiger partial charge in [0.05, 0.1) is 16.7 Å². The number of aromatic nitrogens is 2. The summed E-state index contributed by atoms with van der Waals surface area (Å²) in [6.07, 6.45) is 2.78. The van der Waals surface area contributed by atoms with Gasteiger partial charge >= 0.3 is 0 Å². The van der Waals surface area contributed by atoms with Crippen LogP contribution in [-0.2, 0) is 6.42 Å². The maximum absolute atomic E-state index is 4.79. The summed E-state index contributed by atoms with van der Waals surface area (Å²) in [4.78, 5) is 16.7. The number of pyridine rings is 2. The predicted molar refractivity (Wildman–Crippen MR) is 213 cm³/mol. The number of nitrogens with zero attached hydrogens (tertiary/aromatic N) is 5. The predicted octanol–water partition coefficient (Wildman–Crippen LogP) is 8.19. The van der Waals surface area contributed by atoms with Crippen molar-refractivity contribution >= 4 is 39.3 Å². The third-order valence-corrected chi connectivity index (χ3v) is 9.39. The first-order chi connectivity index (χ1) is 24.5. The lowest BCUT2D eigenvalue weighted by Gasteiger charge is -2.36. The van der Waals surface area contributed by atoms with Gasteiger partial charge in [-0.3, -0.25) is 9.88 Å². The van der Waals surface area contributed by atoms with Gasteiger partial charge in [0.2, 0.25) is 0 Å². The average molecular weight is 663 g/mol. The second kappa shape index (κ2) is 17.6. The highest BCUT2D eigenvalue weighted by Crippen LogP contribution is 2.19. The number of rotatable bonds is 6. The van der Waals surface area contributed by atoms with Crippen LogP contribution >= 0.6 is 0 Å². The molecule has 4 heterocycles. The van der Waals surface area contributed by atoms with Gasteiger partial charge in [0.25, 0.3) is 0 Å². The standard InChI is InChI=1S/C22H25N3.C11H16N2.C11H9N/c1-18-5-4-7-21(17-18)25-15-13-24(14-16-25)12-11-20-10-9-19-6-2-3-8-22(19)23-20;1-10-3-2-4-11(9-10)13-7-5-12-6-8-13;1-2-10-8-7-9-5-3-4-6-11(9)12-10/h2-10,17H,11-16H2,1H3;2-4,9,12H,5-8H2,1H3;2-8H,1H2. The van der Waals surface area contributed by atoms with Gasteiger partial charge in [-0.05, 0) is 79.6 Å². The first-order valence-electron chi connectivity index (χ1n) is 17.9. The second-order valence-corrected chi connectivity index (χ2v) is 13.1. The maximum Gasteiger partial charge on any atom is 0.0709 e. The van der Waals surface area contributed by atoms with Gasteiger partial charge in [0.1, 0.15) is 0 Å². The van der Waals surface area contributed by atoms with Crippen LogP contribution in [0.25, 0.3) is 27.9 Å². The smallest absolute Gasteiger partial charge is 0.0709 e. The Bertz CT molecular complexity index is 1970. The molecule has 2 saturated heterocycles. The molecule has 4 aromatic carbocycles. The fraction of sp³-hybridized carbons (Fsp3) is 0.273. The second-order valence-electron chi connectivity index (χ2n) is 13.1. The Morgan fingerprint density at radius 1 is 0.600 bits per heavy atom. The van der Waals surface area contributed by atoms with E-state index >= 15 is 0 Å². The molecule has 0 amide bonds. The van der Waals surface area contributed by atoms with Crippen molar-refractivity contribution < 1.29 is 0 Å². The van der Waals surface area contributed by atoms with Crippen LogP contribution in [0.4, 0.5) is 11.4 Å². The van der Waals surface area contributed by atoms with Crippen LogP contribution < -0.4 is 15.1 Å². The molecule has 0 bridgehead atoms. The van der Waals surface area contributed by atoms with Crippen LogP contribution in [-0.4, -0.2) is 73.8 Å². The zero-order chi connectivity index (χ0) is 34.5. The molecule has 6 heteroatoms. The summed E-state index contributed by atoms with van der Waals surface area (Å²) in [6, 6.07) is 42.3. The topological polar surface area (TPSA) is 47.5 Å². The highest BCUT2D eigenvalue weighted by Gasteiger charge is 2.17. The number of para-hydroxylation sites is 2. The number of anilines is 2. The summed E-state index contributed by atoms with van der Waals surface area (Å²) in [6.45, 7) is 18.0. The van der Waals surface area contributed by atoms with Crippen LogP contribution in [0.3, 0.4) is 0 Å². The number of fused-ring (bicyclic) bond motifs is 2. The van der Waals surface area contributed by atoms with E-state index in [0.29, 0.717) is 0 Å². The van der Waals surface area contributed by atoms with E-state index < -0.39 is 0 Å². The molecule has 2 aliphatic rings. The van der Waals surface area contributed by atoms with Crippen LogP contribution in [0.15, 0.2) is 128 Å². The van der Waals surface area contributed by atoms with E-state index in [1.807, 2.05) is 24.3 Å². The van der Waals surface area contributed by atoms with Crippen LogP contribution in [0.5, 0.6) is 0 Å². The van der Waals surface area contributed by atoms with Crippen molar-refractivity contribution in [1.82, 2.24) is 20.2 Å². The zero-order valence-corrected chi connectivity index (χ0v) is 29.6. The van der Waals surface area contributed by atoms with E-state index in [1.54, 1.807) is 6.08 Å². The number of nitrogens with one attached hydrogen (secondary N) is 1. The molecule has 50 heavy (non-hydrogen) atoms. The third-order valence-electron chi connectivity index (χ3n) is 9.39. The Kier molecular flexibility index (Phi) is 12.2. The van der Waals surface area contributed by atoms with Gasteiger partial charge < -0.3 is 15.1 Å². The molecule has 2 aliphatic heterocycles. The Morgan fingerprint density at radius 2 is 1.16 bits per heavy atom. The summed E-state index contributed by atoms with van der Waals surface area (Å²) in [7, 11) is 0. The van der Waals surface area contributed by atoms with Gasteiger partial charge in [0.15, 0.2) is 0 Å². The SMILES string of the molecule is C=Cc1ccc2ccccc2n1.Cc1cccc(N2CCN(CCc3ccc4ccccc4n3)CC2)c1.Cc1cccc(N2CCNCC2)c1. The average Bonchev–Trinajstić information content (AvgIpc) is 3.18. The lowest BCUT2D eigenvalue weighted by Crippen LogP contribution is -2.47. The van der Waals surface area contributed by atoms with Crippen molar-refractivity contribution in [3.05, 3.63) is 150 Å². The van der Waals surface area contributed by atoms with Crippen molar-refractivity contribution in [3.63, 3.8) is 0 Å². The van der Waals surface area contributed by atoms with Gasteiger partial charge in [-0.15, -0.1) is 0 Å². The summed E-state index contributed by atoms with van der Waals surface area (Å²) in [5, 5.41) is 5.75. The highest BCUT2D eigenvalue weighted by molar-refractivity contribution is 5.79.